The van der Waals surface area contributed by atoms with Gasteiger partial charge in [-0.15, -0.1) is 0 Å². The summed E-state index contributed by atoms with van der Waals surface area (Å²) >= 11 is 3.38. The van der Waals surface area contributed by atoms with Crippen molar-refractivity contribution in [2.75, 3.05) is 0 Å². The van der Waals surface area contributed by atoms with Crippen LogP contribution in [-0.4, -0.2) is 0 Å². The average molecular weight is 567 g/mol. The van der Waals surface area contributed by atoms with Gasteiger partial charge in [0.25, 0.3) is 5.76 Å². The molecule has 1 heterocycles. The van der Waals surface area contributed by atoms with Crippen molar-refractivity contribution in [3.63, 3.8) is 0 Å². The quantitative estimate of drug-likeness (QED) is 0.206. The van der Waals surface area contributed by atoms with E-state index >= 15 is 0 Å². The Bertz CT molecular complexity index is 1610. The summed E-state index contributed by atoms with van der Waals surface area (Å²) in [6.45, 7) is 0.182. The Kier molecular flexibility index (Phi) is 6.76. The molecule has 0 amide bonds. The molecule has 8 heteroatoms. The average Bonchev–Trinajstić information content (AvgIpc) is 2.89. The van der Waals surface area contributed by atoms with E-state index in [-0.39, 0.29) is 29.1 Å². The van der Waals surface area contributed by atoms with Gasteiger partial charge in [0, 0.05) is 10.5 Å². The van der Waals surface area contributed by atoms with Gasteiger partial charge in [0.2, 0.25) is 11.2 Å². The molecule has 0 spiro atoms. The molecule has 0 bridgehead atoms. The fourth-order valence-electron chi connectivity index (χ4n) is 3.78. The van der Waals surface area contributed by atoms with Gasteiger partial charge in [0.15, 0.2) is 0 Å². The Morgan fingerprint density at radius 2 is 1.49 bits per heavy atom. The molecule has 0 radical (unpaired) electrons. The molecule has 4 nitrogen and oxygen atoms in total. The summed E-state index contributed by atoms with van der Waals surface area (Å²) in [6.07, 6.45) is -4.96. The van der Waals surface area contributed by atoms with Gasteiger partial charge in [-0.2, -0.15) is 13.2 Å². The Hall–Kier alpha value is -4.04. The Labute approximate surface area is 218 Å². The van der Waals surface area contributed by atoms with E-state index in [9.17, 15) is 18.0 Å². The van der Waals surface area contributed by atoms with E-state index in [2.05, 4.69) is 15.9 Å². The second kappa shape index (κ2) is 10.1. The zero-order valence-electron chi connectivity index (χ0n) is 19.1. The van der Waals surface area contributed by atoms with Crippen LogP contribution in [0.25, 0.3) is 22.1 Å². The molecule has 1 aromatic heterocycles. The van der Waals surface area contributed by atoms with Crippen LogP contribution >= 0.6 is 15.9 Å². The van der Waals surface area contributed by atoms with Gasteiger partial charge in [-0.25, -0.2) is 0 Å². The molecule has 186 valence electrons. The van der Waals surface area contributed by atoms with E-state index in [0.717, 1.165) is 21.2 Å². The molecule has 5 aromatic rings. The number of rotatable bonds is 6. The standard InChI is InChI=1S/C29H18BrF3O4/c30-21-8-4-5-18(15-21)17-35-23-13-14-24-25(16-23)37-28(29(31,32)33)27(26(24)34)36-22-11-9-20(10-12-22)19-6-2-1-3-7-19/h1-16H,17H2. The lowest BCUT2D eigenvalue weighted by Crippen LogP contribution is -2.15. The molecule has 0 saturated carbocycles. The third-order valence-corrected chi connectivity index (χ3v) is 6.05. The van der Waals surface area contributed by atoms with Crippen LogP contribution < -0.4 is 14.9 Å². The second-order valence-corrected chi connectivity index (χ2v) is 9.07. The zero-order valence-corrected chi connectivity index (χ0v) is 20.7. The molecule has 0 aliphatic carbocycles. The Balaban J connectivity index is 1.46. The molecular formula is C29H18BrF3O4. The lowest BCUT2D eigenvalue weighted by molar-refractivity contribution is -0.154. The summed E-state index contributed by atoms with van der Waals surface area (Å²) in [5.74, 6) is -2.10. The van der Waals surface area contributed by atoms with E-state index in [4.69, 9.17) is 13.9 Å². The van der Waals surface area contributed by atoms with E-state index in [1.165, 1.54) is 30.3 Å². The van der Waals surface area contributed by atoms with Gasteiger partial charge in [-0.3, -0.25) is 4.79 Å². The summed E-state index contributed by atoms with van der Waals surface area (Å²) in [5.41, 5.74) is 1.46. The zero-order chi connectivity index (χ0) is 26.0. The van der Waals surface area contributed by atoms with Crippen LogP contribution in [0.1, 0.15) is 11.3 Å². The lowest BCUT2D eigenvalue weighted by atomic mass is 10.1. The van der Waals surface area contributed by atoms with Crippen molar-refractivity contribution in [1.82, 2.24) is 0 Å². The highest BCUT2D eigenvalue weighted by Gasteiger charge is 2.40. The van der Waals surface area contributed by atoms with Gasteiger partial charge < -0.3 is 13.9 Å². The van der Waals surface area contributed by atoms with Gasteiger partial charge in [-0.05, 0) is 53.1 Å². The molecule has 0 fully saturated rings. The first kappa shape index (κ1) is 24.6. The third kappa shape index (κ3) is 5.54. The summed E-state index contributed by atoms with van der Waals surface area (Å²) in [5, 5.41) is -0.0567. The predicted molar refractivity (Wildman–Crippen MR) is 138 cm³/mol. The van der Waals surface area contributed by atoms with E-state index in [1.807, 2.05) is 54.6 Å². The van der Waals surface area contributed by atoms with Crippen molar-refractivity contribution < 1.29 is 27.1 Å². The van der Waals surface area contributed by atoms with Crippen molar-refractivity contribution >= 4 is 26.9 Å². The first-order valence-electron chi connectivity index (χ1n) is 11.2. The Morgan fingerprint density at radius 3 is 2.19 bits per heavy atom. The summed E-state index contributed by atoms with van der Waals surface area (Å²) in [6, 6.07) is 27.4. The van der Waals surface area contributed by atoms with Gasteiger partial charge in [0.1, 0.15) is 23.7 Å². The van der Waals surface area contributed by atoms with E-state index < -0.39 is 23.1 Å². The number of benzene rings is 4. The number of alkyl halides is 3. The summed E-state index contributed by atoms with van der Waals surface area (Å²) in [4.78, 5) is 13.1. The molecule has 0 aliphatic heterocycles. The maximum Gasteiger partial charge on any atom is 0.453 e. The minimum Gasteiger partial charge on any atom is -0.489 e. The van der Waals surface area contributed by atoms with Crippen LogP contribution in [0.3, 0.4) is 0 Å². The second-order valence-electron chi connectivity index (χ2n) is 8.16. The highest BCUT2D eigenvalue weighted by molar-refractivity contribution is 9.10. The Morgan fingerprint density at radius 1 is 0.784 bits per heavy atom. The number of fused-ring (bicyclic) bond motifs is 1. The van der Waals surface area contributed by atoms with Crippen LogP contribution in [0.2, 0.25) is 0 Å². The minimum atomic E-state index is -4.96. The number of hydrogen-bond acceptors (Lipinski definition) is 4. The molecular weight excluding hydrogens is 549 g/mol. The third-order valence-electron chi connectivity index (χ3n) is 5.56. The monoisotopic (exact) mass is 566 g/mol. The molecule has 0 unspecified atom stereocenters. The van der Waals surface area contributed by atoms with Crippen molar-refractivity contribution in [2.24, 2.45) is 0 Å². The highest BCUT2D eigenvalue weighted by atomic mass is 79.9. The molecule has 5 rings (SSSR count). The molecule has 0 saturated heterocycles. The smallest absolute Gasteiger partial charge is 0.453 e. The van der Waals surface area contributed by atoms with Crippen molar-refractivity contribution in [3.8, 4) is 28.4 Å². The molecule has 4 aromatic carbocycles. The fourth-order valence-corrected chi connectivity index (χ4v) is 4.23. The largest absolute Gasteiger partial charge is 0.489 e. The SMILES string of the molecule is O=c1c(Oc2ccc(-c3ccccc3)cc2)c(C(F)(F)F)oc2cc(OCc3cccc(Br)c3)ccc12. The van der Waals surface area contributed by atoms with Gasteiger partial charge in [-0.1, -0.05) is 70.5 Å². The van der Waals surface area contributed by atoms with Crippen LogP contribution in [-0.2, 0) is 12.8 Å². The first-order chi connectivity index (χ1) is 17.8. The number of halogens is 4. The van der Waals surface area contributed by atoms with Crippen molar-refractivity contribution in [1.29, 1.82) is 0 Å². The number of ether oxygens (including phenoxy) is 2. The van der Waals surface area contributed by atoms with Crippen LogP contribution in [0.4, 0.5) is 13.2 Å². The molecule has 0 atom stereocenters. The van der Waals surface area contributed by atoms with Gasteiger partial charge in [0.05, 0.1) is 5.39 Å². The summed E-state index contributed by atoms with van der Waals surface area (Å²) in [7, 11) is 0. The topological polar surface area (TPSA) is 48.7 Å². The predicted octanol–water partition coefficient (Wildman–Crippen LogP) is 8.61. The van der Waals surface area contributed by atoms with Crippen LogP contribution in [0, 0.1) is 0 Å². The molecule has 37 heavy (non-hydrogen) atoms. The van der Waals surface area contributed by atoms with Crippen LogP contribution in [0.15, 0.2) is 111 Å². The lowest BCUT2D eigenvalue weighted by Gasteiger charge is -2.14. The van der Waals surface area contributed by atoms with E-state index in [1.54, 1.807) is 12.1 Å². The van der Waals surface area contributed by atoms with Crippen molar-refractivity contribution in [3.05, 3.63) is 123 Å². The molecule has 0 aliphatic rings. The van der Waals surface area contributed by atoms with E-state index in [0.29, 0.717) is 0 Å². The van der Waals surface area contributed by atoms with Crippen molar-refractivity contribution in [2.45, 2.75) is 12.8 Å². The summed E-state index contributed by atoms with van der Waals surface area (Å²) < 4.78 is 58.9. The first-order valence-corrected chi connectivity index (χ1v) is 12.0. The van der Waals surface area contributed by atoms with Gasteiger partial charge >= 0.3 is 6.18 Å². The highest BCUT2D eigenvalue weighted by Crippen LogP contribution is 2.39. The minimum absolute atomic E-state index is 0.0567. The fraction of sp³-hybridized carbons (Fsp3) is 0.0690. The number of hydrogen-bond donors (Lipinski definition) is 0. The normalized spacial score (nSPS) is 11.5. The maximum absolute atomic E-state index is 13.9. The molecule has 0 N–H and O–H groups in total. The maximum atomic E-state index is 13.9. The van der Waals surface area contributed by atoms with Crippen LogP contribution in [0.5, 0.6) is 17.2 Å².